The molecule has 1 fully saturated rings. The number of hydrogen-bond acceptors (Lipinski definition) is 7. The molecule has 0 N–H and O–H groups in total. The molecule has 1 unspecified atom stereocenters. The minimum Gasteiger partial charge on any atom is -0.466 e. The van der Waals surface area contributed by atoms with Gasteiger partial charge in [0.1, 0.15) is 0 Å². The van der Waals surface area contributed by atoms with Crippen LogP contribution in [0, 0.1) is 5.92 Å². The smallest absolute Gasteiger partial charge is 0.310 e. The van der Waals surface area contributed by atoms with Gasteiger partial charge in [-0.25, -0.2) is 8.42 Å². The van der Waals surface area contributed by atoms with E-state index in [-0.39, 0.29) is 29.9 Å². The first-order chi connectivity index (χ1) is 15.0. The minimum absolute atomic E-state index is 0.115. The van der Waals surface area contributed by atoms with Crippen molar-refractivity contribution in [1.29, 1.82) is 0 Å². The van der Waals surface area contributed by atoms with Crippen LogP contribution >= 0.6 is 0 Å². The Balaban J connectivity index is 1.58. The summed E-state index contributed by atoms with van der Waals surface area (Å²) in [6.07, 6.45) is 1.22. The number of benzene rings is 2. The van der Waals surface area contributed by atoms with Crippen LogP contribution < -0.4 is 0 Å². The maximum Gasteiger partial charge on any atom is 0.310 e. The van der Waals surface area contributed by atoms with E-state index in [0.29, 0.717) is 30.8 Å². The lowest BCUT2D eigenvalue weighted by molar-refractivity contribution is -0.149. The van der Waals surface area contributed by atoms with Crippen molar-refractivity contribution < 1.29 is 22.5 Å². The highest BCUT2D eigenvalue weighted by Gasteiger charge is 2.34. The van der Waals surface area contributed by atoms with Crippen LogP contribution in [0.25, 0.3) is 22.8 Å². The van der Waals surface area contributed by atoms with Crippen molar-refractivity contribution in [1.82, 2.24) is 14.4 Å². The van der Waals surface area contributed by atoms with Gasteiger partial charge in [0.2, 0.25) is 15.8 Å². The molecule has 0 bridgehead atoms. The normalized spacial score (nSPS) is 17.4. The van der Waals surface area contributed by atoms with E-state index >= 15 is 0 Å². The van der Waals surface area contributed by atoms with Crippen LogP contribution in [0.4, 0.5) is 0 Å². The molecule has 0 saturated carbocycles. The van der Waals surface area contributed by atoms with Gasteiger partial charge in [-0.1, -0.05) is 41.6 Å². The Morgan fingerprint density at radius 1 is 1.16 bits per heavy atom. The number of piperidine rings is 1. The fourth-order valence-corrected chi connectivity index (χ4v) is 5.17. The highest BCUT2D eigenvalue weighted by atomic mass is 32.2. The predicted molar refractivity (Wildman–Crippen MR) is 113 cm³/mol. The molecule has 1 aromatic heterocycles. The standard InChI is InChI=1S/C22H23N3O5S/c1-2-29-22(26)18-11-7-13-25(15-18)31(27,28)19-12-6-10-17(14-19)21-23-20(24-30-21)16-8-4-3-5-9-16/h3-6,8-10,12,14,18H,2,7,11,13,15H2,1H3. The van der Waals surface area contributed by atoms with Gasteiger partial charge in [-0.2, -0.15) is 9.29 Å². The van der Waals surface area contributed by atoms with Gasteiger partial charge < -0.3 is 9.26 Å². The van der Waals surface area contributed by atoms with Crippen molar-refractivity contribution in [3.05, 3.63) is 54.6 Å². The fourth-order valence-electron chi connectivity index (χ4n) is 3.60. The summed E-state index contributed by atoms with van der Waals surface area (Å²) in [5, 5.41) is 3.99. The second kappa shape index (κ2) is 8.99. The number of esters is 1. The van der Waals surface area contributed by atoms with Crippen LogP contribution in [0.3, 0.4) is 0 Å². The monoisotopic (exact) mass is 441 g/mol. The summed E-state index contributed by atoms with van der Waals surface area (Å²) in [7, 11) is -3.78. The Morgan fingerprint density at radius 3 is 2.71 bits per heavy atom. The second-order valence-corrected chi connectivity index (χ2v) is 9.21. The zero-order chi connectivity index (χ0) is 21.8. The summed E-state index contributed by atoms with van der Waals surface area (Å²) in [5.41, 5.74) is 1.31. The van der Waals surface area contributed by atoms with Crippen molar-refractivity contribution >= 4 is 16.0 Å². The first-order valence-corrected chi connectivity index (χ1v) is 11.6. The molecule has 0 spiro atoms. The third-order valence-electron chi connectivity index (χ3n) is 5.18. The van der Waals surface area contributed by atoms with Gasteiger partial charge in [-0.05, 0) is 38.0 Å². The summed E-state index contributed by atoms with van der Waals surface area (Å²) in [4.78, 5) is 16.6. The van der Waals surface area contributed by atoms with E-state index in [9.17, 15) is 13.2 Å². The van der Waals surface area contributed by atoms with E-state index in [1.165, 1.54) is 16.4 Å². The van der Waals surface area contributed by atoms with Crippen molar-refractivity contribution in [3.63, 3.8) is 0 Å². The van der Waals surface area contributed by atoms with Gasteiger partial charge >= 0.3 is 5.97 Å². The molecule has 1 saturated heterocycles. The molecule has 31 heavy (non-hydrogen) atoms. The van der Waals surface area contributed by atoms with E-state index in [4.69, 9.17) is 9.26 Å². The predicted octanol–water partition coefficient (Wildman–Crippen LogP) is 3.37. The number of ether oxygens (including phenoxy) is 1. The highest BCUT2D eigenvalue weighted by molar-refractivity contribution is 7.89. The van der Waals surface area contributed by atoms with Crippen LogP contribution in [0.5, 0.6) is 0 Å². The lowest BCUT2D eigenvalue weighted by Crippen LogP contribution is -2.42. The van der Waals surface area contributed by atoms with E-state index in [2.05, 4.69) is 10.1 Å². The van der Waals surface area contributed by atoms with E-state index in [1.54, 1.807) is 19.1 Å². The second-order valence-electron chi connectivity index (χ2n) is 7.27. The minimum atomic E-state index is -3.78. The van der Waals surface area contributed by atoms with Crippen molar-refractivity contribution in [3.8, 4) is 22.8 Å². The van der Waals surface area contributed by atoms with Crippen LogP contribution in [0.15, 0.2) is 64.0 Å². The van der Waals surface area contributed by atoms with Crippen molar-refractivity contribution in [2.75, 3.05) is 19.7 Å². The molecular formula is C22H23N3O5S. The zero-order valence-electron chi connectivity index (χ0n) is 17.1. The molecule has 2 aromatic carbocycles. The molecule has 3 aromatic rings. The topological polar surface area (TPSA) is 103 Å². The van der Waals surface area contributed by atoms with E-state index in [0.717, 1.165) is 5.56 Å². The van der Waals surface area contributed by atoms with Gasteiger partial charge in [0.05, 0.1) is 17.4 Å². The number of sulfonamides is 1. The average Bonchev–Trinajstić information content (AvgIpc) is 3.30. The number of nitrogens with zero attached hydrogens (tertiary/aromatic N) is 3. The molecule has 1 atom stereocenters. The molecule has 0 amide bonds. The Kier molecular flexibility index (Phi) is 6.15. The van der Waals surface area contributed by atoms with Crippen LogP contribution in [-0.4, -0.2) is 48.5 Å². The summed E-state index contributed by atoms with van der Waals surface area (Å²) >= 11 is 0. The lowest BCUT2D eigenvalue weighted by atomic mass is 10.0. The molecule has 4 rings (SSSR count). The number of rotatable bonds is 6. The van der Waals surface area contributed by atoms with E-state index in [1.807, 2.05) is 30.3 Å². The average molecular weight is 442 g/mol. The van der Waals surface area contributed by atoms with Crippen molar-refractivity contribution in [2.24, 2.45) is 5.92 Å². The third kappa shape index (κ3) is 4.52. The fraction of sp³-hybridized carbons (Fsp3) is 0.318. The largest absolute Gasteiger partial charge is 0.466 e. The van der Waals surface area contributed by atoms with Gasteiger partial charge in [0.15, 0.2) is 0 Å². The molecule has 9 heteroatoms. The van der Waals surface area contributed by atoms with Crippen LogP contribution in [-0.2, 0) is 19.6 Å². The van der Waals surface area contributed by atoms with E-state index < -0.39 is 15.9 Å². The molecule has 8 nitrogen and oxygen atoms in total. The van der Waals surface area contributed by atoms with Crippen molar-refractivity contribution in [2.45, 2.75) is 24.7 Å². The lowest BCUT2D eigenvalue weighted by Gasteiger charge is -2.30. The van der Waals surface area contributed by atoms with Gasteiger partial charge in [-0.15, -0.1) is 0 Å². The number of hydrogen-bond donors (Lipinski definition) is 0. The third-order valence-corrected chi connectivity index (χ3v) is 7.04. The zero-order valence-corrected chi connectivity index (χ0v) is 17.9. The molecule has 2 heterocycles. The SMILES string of the molecule is CCOC(=O)C1CCCN(S(=O)(=O)c2cccc(-c3nc(-c4ccccc4)no3)c2)C1. The quantitative estimate of drug-likeness (QED) is 0.540. The van der Waals surface area contributed by atoms with Gasteiger partial charge in [0, 0.05) is 24.2 Å². The molecule has 1 aliphatic heterocycles. The summed E-state index contributed by atoms with van der Waals surface area (Å²) < 4.78 is 38.2. The first kappa shape index (κ1) is 21.2. The maximum absolute atomic E-state index is 13.2. The Hall–Kier alpha value is -3.04. The van der Waals surface area contributed by atoms with Gasteiger partial charge in [0.25, 0.3) is 5.89 Å². The number of aromatic nitrogens is 2. The van der Waals surface area contributed by atoms with Crippen LogP contribution in [0.2, 0.25) is 0 Å². The first-order valence-electron chi connectivity index (χ1n) is 10.2. The molecule has 162 valence electrons. The summed E-state index contributed by atoms with van der Waals surface area (Å²) in [5.74, 6) is -0.136. The van der Waals surface area contributed by atoms with Crippen LogP contribution in [0.1, 0.15) is 19.8 Å². The molecule has 1 aliphatic rings. The Labute approximate surface area is 180 Å². The Bertz CT molecular complexity index is 1160. The molecule has 0 aliphatic carbocycles. The molecule has 0 radical (unpaired) electrons. The summed E-state index contributed by atoms with van der Waals surface area (Å²) in [6.45, 7) is 2.49. The summed E-state index contributed by atoms with van der Waals surface area (Å²) in [6, 6.07) is 15.8. The molecular weight excluding hydrogens is 418 g/mol. The maximum atomic E-state index is 13.2. The van der Waals surface area contributed by atoms with Gasteiger partial charge in [-0.3, -0.25) is 4.79 Å². The number of carbonyl (C=O) groups excluding carboxylic acids is 1. The highest BCUT2D eigenvalue weighted by Crippen LogP contribution is 2.28. The Morgan fingerprint density at radius 2 is 1.94 bits per heavy atom. The number of carbonyl (C=O) groups is 1.